The van der Waals surface area contributed by atoms with Crippen molar-refractivity contribution in [2.24, 2.45) is 5.92 Å². The van der Waals surface area contributed by atoms with Gasteiger partial charge < -0.3 is 30.5 Å². The molecule has 44 heavy (non-hydrogen) atoms. The molecule has 238 valence electrons. The van der Waals surface area contributed by atoms with Crippen LogP contribution in [0, 0.1) is 5.92 Å². The van der Waals surface area contributed by atoms with E-state index in [2.05, 4.69) is 26.0 Å². The summed E-state index contributed by atoms with van der Waals surface area (Å²) >= 11 is 0. The number of aromatic nitrogens is 3. The number of carbonyl (C=O) groups excluding carboxylic acids is 5. The van der Waals surface area contributed by atoms with E-state index in [1.165, 1.54) is 18.3 Å². The van der Waals surface area contributed by atoms with Crippen molar-refractivity contribution in [3.63, 3.8) is 0 Å². The molecule has 2 bridgehead atoms. The van der Waals surface area contributed by atoms with Crippen LogP contribution in [0.15, 0.2) is 43.0 Å². The fourth-order valence-corrected chi connectivity index (χ4v) is 5.35. The van der Waals surface area contributed by atoms with Gasteiger partial charge in [-0.05, 0) is 24.3 Å². The van der Waals surface area contributed by atoms with Gasteiger partial charge in [0.1, 0.15) is 24.7 Å². The Morgan fingerprint density at radius 2 is 1.82 bits per heavy atom. The smallest absolute Gasteiger partial charge is 0.251 e. The highest BCUT2D eigenvalue weighted by Gasteiger charge is 2.37. The summed E-state index contributed by atoms with van der Waals surface area (Å²) in [7, 11) is 1.48. The van der Waals surface area contributed by atoms with E-state index < -0.39 is 47.9 Å². The van der Waals surface area contributed by atoms with Crippen LogP contribution in [-0.4, -0.2) is 112 Å². The second kappa shape index (κ2) is 15.4. The van der Waals surface area contributed by atoms with Gasteiger partial charge in [-0.25, -0.2) is 4.98 Å². The second-order valence-corrected chi connectivity index (χ2v) is 11.7. The number of amides is 5. The molecular formula is C30H42N8O6. The van der Waals surface area contributed by atoms with Crippen LogP contribution in [0.5, 0.6) is 0 Å². The normalized spacial score (nSPS) is 23.8. The molecular weight excluding hydrogens is 568 g/mol. The summed E-state index contributed by atoms with van der Waals surface area (Å²) in [5, 5.41) is 12.5. The Bertz CT molecular complexity index is 1290. The molecule has 1 aromatic carbocycles. The second-order valence-electron chi connectivity index (χ2n) is 11.7. The first-order valence-electron chi connectivity index (χ1n) is 15.0. The molecule has 2 aliphatic heterocycles. The van der Waals surface area contributed by atoms with Crippen LogP contribution >= 0.6 is 0 Å². The number of benzene rings is 1. The van der Waals surface area contributed by atoms with E-state index in [-0.39, 0.29) is 50.8 Å². The van der Waals surface area contributed by atoms with Crippen LogP contribution < -0.4 is 16.0 Å². The number of nitrogens with zero attached hydrogens (tertiary/aromatic N) is 5. The number of carbonyl (C=O) groups is 5. The summed E-state index contributed by atoms with van der Waals surface area (Å²) in [4.78, 5) is 73.3. The summed E-state index contributed by atoms with van der Waals surface area (Å²) in [5.74, 6) is -1.98. The number of ether oxygens (including phenoxy) is 1. The van der Waals surface area contributed by atoms with Crippen molar-refractivity contribution in [2.45, 2.75) is 70.4 Å². The third kappa shape index (κ3) is 9.33. The molecule has 4 atom stereocenters. The minimum absolute atomic E-state index is 0.00343. The minimum atomic E-state index is -1.07. The Kier molecular flexibility index (Phi) is 11.4. The van der Waals surface area contributed by atoms with Crippen LogP contribution in [0.2, 0.25) is 0 Å². The quantitative estimate of drug-likeness (QED) is 0.360. The first kappa shape index (κ1) is 32.6. The molecule has 0 spiro atoms. The Labute approximate surface area is 256 Å². The number of rotatable bonds is 8. The predicted octanol–water partition coefficient (Wildman–Crippen LogP) is -0.499. The lowest BCUT2D eigenvalue weighted by Crippen LogP contribution is -2.59. The van der Waals surface area contributed by atoms with Gasteiger partial charge in [0, 0.05) is 39.5 Å². The number of nitrogens with one attached hydrogen (secondary N) is 3. The van der Waals surface area contributed by atoms with Crippen molar-refractivity contribution >= 4 is 29.5 Å². The first-order valence-corrected chi connectivity index (χ1v) is 15.0. The number of hydrogen-bond donors (Lipinski definition) is 3. The Morgan fingerprint density at radius 1 is 1.05 bits per heavy atom. The molecule has 14 heteroatoms. The third-order valence-electron chi connectivity index (χ3n) is 7.57. The Balaban J connectivity index is 1.57. The maximum absolute atomic E-state index is 13.6. The minimum Gasteiger partial charge on any atom is -0.360 e. The summed E-state index contributed by atoms with van der Waals surface area (Å²) in [6, 6.07) is 7.41. The summed E-state index contributed by atoms with van der Waals surface area (Å²) in [6.07, 6.45) is 2.56. The van der Waals surface area contributed by atoms with Crippen LogP contribution in [0.4, 0.5) is 0 Å². The lowest BCUT2D eigenvalue weighted by Gasteiger charge is -2.38. The molecule has 0 aliphatic carbocycles. The van der Waals surface area contributed by atoms with Crippen molar-refractivity contribution in [3.8, 4) is 0 Å². The molecule has 0 radical (unpaired) electrons. The van der Waals surface area contributed by atoms with E-state index in [1.54, 1.807) is 15.9 Å². The van der Waals surface area contributed by atoms with Gasteiger partial charge in [-0.3, -0.25) is 28.7 Å². The third-order valence-corrected chi connectivity index (χ3v) is 7.57. The zero-order valence-electron chi connectivity index (χ0n) is 25.5. The highest BCUT2D eigenvalue weighted by Crippen LogP contribution is 2.16. The molecule has 2 saturated heterocycles. The van der Waals surface area contributed by atoms with Gasteiger partial charge in [-0.1, -0.05) is 44.2 Å². The van der Waals surface area contributed by atoms with Gasteiger partial charge in [0.25, 0.3) is 5.91 Å². The van der Waals surface area contributed by atoms with Gasteiger partial charge in [0.05, 0.1) is 19.2 Å². The average molecular weight is 611 g/mol. The van der Waals surface area contributed by atoms with Crippen molar-refractivity contribution in [1.29, 1.82) is 0 Å². The number of likely N-dealkylation sites (N-methyl/N-ethyl adjacent to an activating group) is 1. The van der Waals surface area contributed by atoms with Gasteiger partial charge in [-0.15, -0.1) is 0 Å². The van der Waals surface area contributed by atoms with Crippen LogP contribution in [0.25, 0.3) is 0 Å². The summed E-state index contributed by atoms with van der Waals surface area (Å²) in [6.45, 7) is 4.30. The molecule has 14 nitrogen and oxygen atoms in total. The SMILES string of the molecule is CC(C)C[C@@H]1NC(=O)CN(C)C(=O)[C@@H](Cc2ccccc2)NC(=O)[C@H]2CN(C(=O)CCCn3cncn3)C[C@@H](CNC1=O)O2. The van der Waals surface area contributed by atoms with E-state index in [9.17, 15) is 24.0 Å². The average Bonchev–Trinajstić information content (AvgIpc) is 3.52. The van der Waals surface area contributed by atoms with Gasteiger partial charge in [0.15, 0.2) is 6.10 Å². The molecule has 1 aromatic heterocycles. The molecule has 5 amide bonds. The standard InChI is InChI=1S/C30H42N8O6/c1-20(2)12-23-28(41)32-14-22-15-37(27(40)10-7-11-38-19-31-18-33-38)16-25(44-22)29(42)35-24(13-21-8-5-4-6-9-21)30(43)36(3)17-26(39)34-23/h4-6,8-9,18-20,22-25H,7,10-17H2,1-3H3,(H,32,41)(H,34,39)(H,35,42)/t22-,23+,24-,25-/m1/s1. The van der Waals surface area contributed by atoms with Crippen LogP contribution in [0.1, 0.15) is 38.7 Å². The maximum atomic E-state index is 13.6. The fraction of sp³-hybridized carbons (Fsp3) is 0.567. The van der Waals surface area contributed by atoms with Crippen molar-refractivity contribution < 1.29 is 28.7 Å². The first-order chi connectivity index (χ1) is 21.1. The number of hydrogen-bond acceptors (Lipinski definition) is 8. The molecule has 4 rings (SSSR count). The van der Waals surface area contributed by atoms with Gasteiger partial charge in [0.2, 0.25) is 23.6 Å². The molecule has 0 unspecified atom stereocenters. The maximum Gasteiger partial charge on any atom is 0.251 e. The van der Waals surface area contributed by atoms with E-state index in [0.29, 0.717) is 19.4 Å². The fourth-order valence-electron chi connectivity index (χ4n) is 5.35. The van der Waals surface area contributed by atoms with Crippen LogP contribution in [0.3, 0.4) is 0 Å². The molecule has 3 heterocycles. The Morgan fingerprint density at radius 3 is 2.52 bits per heavy atom. The zero-order valence-corrected chi connectivity index (χ0v) is 25.5. The van der Waals surface area contributed by atoms with Gasteiger partial charge >= 0.3 is 0 Å². The highest BCUT2D eigenvalue weighted by atomic mass is 16.5. The largest absolute Gasteiger partial charge is 0.360 e. The summed E-state index contributed by atoms with van der Waals surface area (Å²) < 4.78 is 7.75. The van der Waals surface area contributed by atoms with Crippen molar-refractivity contribution in [2.75, 3.05) is 33.2 Å². The molecule has 2 aliphatic rings. The monoisotopic (exact) mass is 610 g/mol. The Hall–Kier alpha value is -4.33. The van der Waals surface area contributed by atoms with E-state index >= 15 is 0 Å². The van der Waals surface area contributed by atoms with E-state index in [1.807, 2.05) is 44.2 Å². The number of morpholine rings is 1. The van der Waals surface area contributed by atoms with Crippen LogP contribution in [-0.2, 0) is 41.7 Å². The lowest BCUT2D eigenvalue weighted by atomic mass is 10.0. The molecule has 2 fully saturated rings. The zero-order chi connectivity index (χ0) is 31.6. The number of fused-ring (bicyclic) bond motifs is 2. The summed E-state index contributed by atoms with van der Waals surface area (Å²) in [5.41, 5.74) is 0.820. The highest BCUT2D eigenvalue weighted by molar-refractivity contribution is 5.93. The topological polar surface area (TPSA) is 168 Å². The molecule has 0 saturated carbocycles. The van der Waals surface area contributed by atoms with Gasteiger partial charge in [-0.2, -0.15) is 5.10 Å². The van der Waals surface area contributed by atoms with E-state index in [0.717, 1.165) is 5.56 Å². The molecule has 3 N–H and O–H groups in total. The molecule has 2 aromatic rings. The predicted molar refractivity (Wildman–Crippen MR) is 159 cm³/mol. The number of aryl methyl sites for hydroxylation is 1. The van der Waals surface area contributed by atoms with Crippen molar-refractivity contribution in [1.82, 2.24) is 40.5 Å². The van der Waals surface area contributed by atoms with E-state index in [4.69, 9.17) is 4.74 Å². The lowest BCUT2D eigenvalue weighted by molar-refractivity contribution is -0.157. The van der Waals surface area contributed by atoms with Crippen molar-refractivity contribution in [3.05, 3.63) is 48.5 Å².